The smallest absolute Gasteiger partial charge is 0.240 e. The summed E-state index contributed by atoms with van der Waals surface area (Å²) in [6, 6.07) is 3.45. The Bertz CT molecular complexity index is 631. The molecule has 0 unspecified atom stereocenters. The Morgan fingerprint density at radius 3 is 2.60 bits per heavy atom. The van der Waals surface area contributed by atoms with E-state index in [1.165, 1.54) is 11.3 Å². The Kier molecular flexibility index (Phi) is 2.48. The quantitative estimate of drug-likeness (QED) is 0.742. The summed E-state index contributed by atoms with van der Waals surface area (Å²) in [5, 5.41) is 0.831. The van der Waals surface area contributed by atoms with Gasteiger partial charge >= 0.3 is 0 Å². The number of thiazole rings is 1. The van der Waals surface area contributed by atoms with Gasteiger partial charge in [-0.25, -0.2) is 13.4 Å². The average molecular weight is 262 g/mol. The third-order valence-electron chi connectivity index (χ3n) is 1.97. The molecular weight excluding hydrogens is 254 g/mol. The number of benzene rings is 1. The summed E-state index contributed by atoms with van der Waals surface area (Å²) in [5.74, 6) is 0. The van der Waals surface area contributed by atoms with Gasteiger partial charge in [-0.3, -0.25) is 0 Å². The molecule has 2 rings (SSSR count). The van der Waals surface area contributed by atoms with E-state index in [2.05, 4.69) is 4.98 Å². The number of aromatic nitrogens is 1. The Balaban J connectivity index is 2.94. The van der Waals surface area contributed by atoms with Crippen molar-refractivity contribution in [1.29, 1.82) is 0 Å². The normalized spacial score (nSPS) is 12.2. The average Bonchev–Trinajstić information content (AvgIpc) is 2.41. The van der Waals surface area contributed by atoms with Crippen LogP contribution in [0.2, 0.25) is 0 Å². The van der Waals surface area contributed by atoms with Crippen LogP contribution >= 0.6 is 22.0 Å². The number of hydrogen-bond acceptors (Lipinski definition) is 4. The number of halogens is 1. The molecule has 1 heterocycles. The maximum absolute atomic E-state index is 11.3. The first kappa shape index (κ1) is 10.9. The molecule has 6 heteroatoms. The molecule has 3 nitrogen and oxygen atoms in total. The minimum absolute atomic E-state index is 0.100. The lowest BCUT2D eigenvalue weighted by Crippen LogP contribution is -1.93. The number of nitrogens with zero attached hydrogens (tertiary/aromatic N) is 1. The Hall–Kier alpha value is -0.650. The zero-order chi connectivity index (χ0) is 11.2. The van der Waals surface area contributed by atoms with Gasteiger partial charge in [-0.1, -0.05) is 0 Å². The minimum atomic E-state index is -3.72. The fourth-order valence-electron chi connectivity index (χ4n) is 1.43. The van der Waals surface area contributed by atoms with Crippen molar-refractivity contribution in [3.8, 4) is 0 Å². The second-order valence-corrected chi connectivity index (χ2v) is 7.05. The lowest BCUT2D eigenvalue weighted by molar-refractivity contribution is 0.610. The highest BCUT2D eigenvalue weighted by Crippen LogP contribution is 2.30. The number of fused-ring (bicyclic) bond motifs is 1. The molecule has 0 radical (unpaired) electrons. The van der Waals surface area contributed by atoms with Crippen LogP contribution in [0.25, 0.3) is 10.2 Å². The summed E-state index contributed by atoms with van der Waals surface area (Å²) < 4.78 is 23.5. The van der Waals surface area contributed by atoms with Crippen molar-refractivity contribution in [2.45, 2.75) is 18.7 Å². The largest absolute Gasteiger partial charge is 0.263 e. The van der Waals surface area contributed by atoms with Crippen molar-refractivity contribution in [3.05, 3.63) is 22.7 Å². The van der Waals surface area contributed by atoms with Gasteiger partial charge in [0.15, 0.2) is 0 Å². The summed E-state index contributed by atoms with van der Waals surface area (Å²) in [6.07, 6.45) is 0. The molecule has 0 aliphatic rings. The van der Waals surface area contributed by atoms with E-state index in [4.69, 9.17) is 10.7 Å². The molecule has 0 aliphatic carbocycles. The summed E-state index contributed by atoms with van der Waals surface area (Å²) >= 11 is 1.46. The molecule has 0 spiro atoms. The van der Waals surface area contributed by atoms with Gasteiger partial charge in [0.05, 0.1) is 9.71 Å². The van der Waals surface area contributed by atoms with Crippen molar-refractivity contribution in [3.63, 3.8) is 0 Å². The van der Waals surface area contributed by atoms with Crippen LogP contribution in [0, 0.1) is 13.8 Å². The monoisotopic (exact) mass is 261 g/mol. The Morgan fingerprint density at radius 1 is 1.33 bits per heavy atom. The van der Waals surface area contributed by atoms with Crippen LogP contribution in [0.15, 0.2) is 17.0 Å². The lowest BCUT2D eigenvalue weighted by Gasteiger charge is -1.99. The van der Waals surface area contributed by atoms with Crippen LogP contribution in [-0.2, 0) is 9.05 Å². The predicted molar refractivity (Wildman–Crippen MR) is 62.1 cm³/mol. The molecule has 0 atom stereocenters. The second-order valence-electron chi connectivity index (χ2n) is 3.28. The van der Waals surface area contributed by atoms with Gasteiger partial charge in [-0.05, 0) is 31.5 Å². The minimum Gasteiger partial charge on any atom is -0.240 e. The van der Waals surface area contributed by atoms with E-state index < -0.39 is 9.05 Å². The number of hydrogen-bond donors (Lipinski definition) is 0. The molecule has 0 saturated carbocycles. The molecule has 80 valence electrons. The molecule has 0 N–H and O–H groups in total. The van der Waals surface area contributed by atoms with Crippen molar-refractivity contribution < 1.29 is 8.42 Å². The van der Waals surface area contributed by atoms with Gasteiger partial charge in [-0.15, -0.1) is 11.3 Å². The fraction of sp³-hybridized carbons (Fsp3) is 0.222. The molecule has 2 aromatic rings. The van der Waals surface area contributed by atoms with E-state index in [1.807, 2.05) is 19.9 Å². The third-order valence-corrected chi connectivity index (χ3v) is 4.23. The van der Waals surface area contributed by atoms with Gasteiger partial charge in [0.1, 0.15) is 10.4 Å². The molecule has 0 aliphatic heterocycles. The van der Waals surface area contributed by atoms with E-state index in [0.717, 1.165) is 15.3 Å². The standard InChI is InChI=1S/C9H8ClNO2S2/c1-5-3-7-9(11-6(2)14-7)8(4-5)15(10,12)13/h3-4H,1-2H3. The van der Waals surface area contributed by atoms with E-state index >= 15 is 0 Å². The summed E-state index contributed by atoms with van der Waals surface area (Å²) in [4.78, 5) is 4.28. The zero-order valence-corrected chi connectivity index (χ0v) is 10.5. The topological polar surface area (TPSA) is 47.0 Å². The molecule has 15 heavy (non-hydrogen) atoms. The van der Waals surface area contributed by atoms with Crippen molar-refractivity contribution in [2.75, 3.05) is 0 Å². The summed E-state index contributed by atoms with van der Waals surface area (Å²) in [6.45, 7) is 3.67. The molecular formula is C9H8ClNO2S2. The van der Waals surface area contributed by atoms with Crippen LogP contribution in [0.5, 0.6) is 0 Å². The third kappa shape index (κ3) is 2.00. The highest BCUT2D eigenvalue weighted by Gasteiger charge is 2.17. The van der Waals surface area contributed by atoms with Gasteiger partial charge < -0.3 is 0 Å². The molecule has 1 aromatic heterocycles. The molecule has 0 fully saturated rings. The Morgan fingerprint density at radius 2 is 2.00 bits per heavy atom. The van der Waals surface area contributed by atoms with E-state index in [9.17, 15) is 8.42 Å². The lowest BCUT2D eigenvalue weighted by atomic mass is 10.2. The first-order chi connectivity index (χ1) is 6.88. The van der Waals surface area contributed by atoms with Crippen LogP contribution in [0.4, 0.5) is 0 Å². The van der Waals surface area contributed by atoms with Gasteiger partial charge in [0, 0.05) is 10.7 Å². The number of aryl methyl sites for hydroxylation is 2. The number of rotatable bonds is 1. The SMILES string of the molecule is Cc1cc(S(=O)(=O)Cl)c2nc(C)sc2c1. The van der Waals surface area contributed by atoms with Crippen LogP contribution in [0.1, 0.15) is 10.6 Å². The van der Waals surface area contributed by atoms with Crippen molar-refractivity contribution in [1.82, 2.24) is 4.98 Å². The molecule has 0 amide bonds. The maximum atomic E-state index is 11.3. The van der Waals surface area contributed by atoms with Crippen molar-refractivity contribution in [2.24, 2.45) is 0 Å². The van der Waals surface area contributed by atoms with Crippen LogP contribution in [-0.4, -0.2) is 13.4 Å². The van der Waals surface area contributed by atoms with Crippen LogP contribution < -0.4 is 0 Å². The zero-order valence-electron chi connectivity index (χ0n) is 8.11. The molecule has 0 bridgehead atoms. The Labute approximate surface area is 96.1 Å². The van der Waals surface area contributed by atoms with E-state index in [1.54, 1.807) is 6.07 Å². The molecule has 1 aromatic carbocycles. The van der Waals surface area contributed by atoms with Gasteiger partial charge in [-0.2, -0.15) is 0 Å². The van der Waals surface area contributed by atoms with Gasteiger partial charge in [0.2, 0.25) is 0 Å². The second kappa shape index (κ2) is 3.43. The van der Waals surface area contributed by atoms with Gasteiger partial charge in [0.25, 0.3) is 9.05 Å². The maximum Gasteiger partial charge on any atom is 0.263 e. The van der Waals surface area contributed by atoms with E-state index in [-0.39, 0.29) is 4.90 Å². The van der Waals surface area contributed by atoms with Crippen molar-refractivity contribution >= 4 is 41.3 Å². The summed E-state index contributed by atoms with van der Waals surface area (Å²) in [5.41, 5.74) is 1.34. The molecule has 0 saturated heterocycles. The fourth-order valence-corrected chi connectivity index (χ4v) is 3.51. The first-order valence-electron chi connectivity index (χ1n) is 4.20. The first-order valence-corrected chi connectivity index (χ1v) is 7.33. The summed E-state index contributed by atoms with van der Waals surface area (Å²) in [7, 11) is 1.63. The highest BCUT2D eigenvalue weighted by atomic mass is 35.7. The van der Waals surface area contributed by atoms with Crippen LogP contribution in [0.3, 0.4) is 0 Å². The predicted octanol–water partition coefficient (Wildman–Crippen LogP) is 2.84. The highest BCUT2D eigenvalue weighted by molar-refractivity contribution is 8.14. The van der Waals surface area contributed by atoms with E-state index in [0.29, 0.717) is 5.52 Å².